The molecule has 1 N–H and O–H groups in total. The molecule has 0 amide bonds. The fraction of sp³-hybridized carbons (Fsp3) is 0. The van der Waals surface area contributed by atoms with Crippen LogP contribution in [0.5, 0.6) is 5.75 Å². The van der Waals surface area contributed by atoms with E-state index in [4.69, 9.17) is 5.11 Å². The predicted molar refractivity (Wildman–Crippen MR) is 33.1 cm³/mol. The summed E-state index contributed by atoms with van der Waals surface area (Å²) in [5.74, 6) is -2.58. The van der Waals surface area contributed by atoms with Gasteiger partial charge in [-0.1, -0.05) is 0 Å². The van der Waals surface area contributed by atoms with Crippen molar-refractivity contribution >= 4 is 12.4 Å². The van der Waals surface area contributed by atoms with Crippen LogP contribution >= 0.6 is 12.4 Å². The molecule has 0 radical (unpaired) electrons. The van der Waals surface area contributed by atoms with E-state index in [-0.39, 0.29) is 12.4 Å². The van der Waals surface area contributed by atoms with Gasteiger partial charge in [0.25, 0.3) is 5.95 Å². The quantitative estimate of drug-likeness (QED) is 0.594. The zero-order valence-corrected chi connectivity index (χ0v) is 5.53. The average molecular weight is 168 g/mol. The molecule has 1 aromatic rings. The maximum atomic E-state index is 12.0. The predicted octanol–water partition coefficient (Wildman–Crippen LogP) is 1.49. The third-order valence-corrected chi connectivity index (χ3v) is 0.787. The maximum absolute atomic E-state index is 12.0. The highest BCUT2D eigenvalue weighted by molar-refractivity contribution is 5.85. The van der Waals surface area contributed by atoms with E-state index in [1.54, 1.807) is 0 Å². The first-order valence-corrected chi connectivity index (χ1v) is 2.20. The standard InChI is InChI=1S/C5H3F2NO.ClH/c6-3-1-4(9)5(7)8-2-3;/h1-2,9H;1H. The molecular weight excluding hydrogens is 164 g/mol. The number of nitrogens with zero attached hydrogens (tertiary/aromatic N) is 1. The van der Waals surface area contributed by atoms with Crippen molar-refractivity contribution in [1.82, 2.24) is 4.98 Å². The molecule has 0 spiro atoms. The summed E-state index contributed by atoms with van der Waals surface area (Å²) in [6, 6.07) is 0.655. The minimum absolute atomic E-state index is 0. The summed E-state index contributed by atoms with van der Waals surface area (Å²) < 4.78 is 23.9. The van der Waals surface area contributed by atoms with Crippen molar-refractivity contribution in [3.63, 3.8) is 0 Å². The summed E-state index contributed by atoms with van der Waals surface area (Å²) in [5.41, 5.74) is 0. The molecule has 2 nitrogen and oxygen atoms in total. The normalized spacial score (nSPS) is 8.60. The van der Waals surface area contributed by atoms with Gasteiger partial charge in [0.05, 0.1) is 6.20 Å². The molecule has 0 fully saturated rings. The van der Waals surface area contributed by atoms with Gasteiger partial charge in [-0.05, 0) is 0 Å². The number of aromatic hydroxyl groups is 1. The largest absolute Gasteiger partial charge is 0.504 e. The van der Waals surface area contributed by atoms with Gasteiger partial charge in [-0.3, -0.25) is 0 Å². The number of hydrogen-bond donors (Lipinski definition) is 1. The van der Waals surface area contributed by atoms with Gasteiger partial charge in [-0.25, -0.2) is 9.37 Å². The molecule has 56 valence electrons. The van der Waals surface area contributed by atoms with Crippen LogP contribution < -0.4 is 0 Å². The summed E-state index contributed by atoms with van der Waals surface area (Å²) in [5, 5.41) is 8.42. The second-order valence-electron chi connectivity index (χ2n) is 1.46. The zero-order chi connectivity index (χ0) is 6.85. The molecule has 0 aliphatic rings. The van der Waals surface area contributed by atoms with Crippen LogP contribution in [-0.2, 0) is 0 Å². The van der Waals surface area contributed by atoms with Crippen LogP contribution in [0.1, 0.15) is 0 Å². The highest BCUT2D eigenvalue weighted by atomic mass is 35.5. The minimum atomic E-state index is -1.06. The molecule has 10 heavy (non-hydrogen) atoms. The molecule has 0 saturated carbocycles. The van der Waals surface area contributed by atoms with E-state index < -0.39 is 17.5 Å². The first-order valence-electron chi connectivity index (χ1n) is 2.20. The minimum Gasteiger partial charge on any atom is -0.504 e. The molecule has 0 aliphatic heterocycles. The monoisotopic (exact) mass is 167 g/mol. The van der Waals surface area contributed by atoms with E-state index in [2.05, 4.69) is 4.98 Å². The van der Waals surface area contributed by atoms with E-state index in [1.807, 2.05) is 0 Å². The summed E-state index contributed by atoms with van der Waals surface area (Å²) in [4.78, 5) is 2.89. The molecule has 0 atom stereocenters. The smallest absolute Gasteiger partial charge is 0.255 e. The van der Waals surface area contributed by atoms with Gasteiger partial charge in [-0.15, -0.1) is 12.4 Å². The summed E-state index contributed by atoms with van der Waals surface area (Å²) in [6.45, 7) is 0. The van der Waals surface area contributed by atoms with Crippen LogP contribution in [0.25, 0.3) is 0 Å². The molecule has 1 rings (SSSR count). The van der Waals surface area contributed by atoms with Gasteiger partial charge in [0.15, 0.2) is 5.75 Å². The van der Waals surface area contributed by atoms with Crippen molar-refractivity contribution in [3.05, 3.63) is 24.0 Å². The third-order valence-electron chi connectivity index (χ3n) is 0.787. The number of hydrogen-bond acceptors (Lipinski definition) is 2. The lowest BCUT2D eigenvalue weighted by molar-refractivity contribution is 0.411. The number of pyridine rings is 1. The van der Waals surface area contributed by atoms with Gasteiger partial charge in [-0.2, -0.15) is 4.39 Å². The van der Waals surface area contributed by atoms with E-state index in [0.717, 1.165) is 0 Å². The summed E-state index contributed by atoms with van der Waals surface area (Å²) >= 11 is 0. The molecular formula is C5H4ClF2NO. The van der Waals surface area contributed by atoms with Crippen LogP contribution in [0.3, 0.4) is 0 Å². The Morgan fingerprint density at radius 3 is 2.40 bits per heavy atom. The molecule has 0 saturated heterocycles. The van der Waals surface area contributed by atoms with Crippen molar-refractivity contribution in [1.29, 1.82) is 0 Å². The molecule has 0 aliphatic carbocycles. The fourth-order valence-electron chi connectivity index (χ4n) is 0.412. The Bertz CT molecular complexity index is 231. The number of aromatic nitrogens is 1. The Morgan fingerprint density at radius 1 is 1.40 bits per heavy atom. The summed E-state index contributed by atoms with van der Waals surface area (Å²) in [7, 11) is 0. The second kappa shape index (κ2) is 3.31. The lowest BCUT2D eigenvalue weighted by Crippen LogP contribution is -1.83. The van der Waals surface area contributed by atoms with E-state index in [0.29, 0.717) is 12.3 Å². The fourth-order valence-corrected chi connectivity index (χ4v) is 0.412. The van der Waals surface area contributed by atoms with Crippen LogP contribution in [0.2, 0.25) is 0 Å². The Kier molecular flexibility index (Phi) is 3.02. The number of rotatable bonds is 0. The maximum Gasteiger partial charge on any atom is 0.255 e. The molecule has 0 aromatic carbocycles. The van der Waals surface area contributed by atoms with E-state index in [1.165, 1.54) is 0 Å². The Balaban J connectivity index is 0.000000810. The highest BCUT2D eigenvalue weighted by Gasteiger charge is 2.00. The van der Waals surface area contributed by atoms with Gasteiger partial charge in [0.2, 0.25) is 0 Å². The van der Waals surface area contributed by atoms with Gasteiger partial charge < -0.3 is 5.11 Å². The van der Waals surface area contributed by atoms with Crippen LogP contribution in [0.15, 0.2) is 12.3 Å². The Labute approximate surface area is 61.9 Å². The van der Waals surface area contributed by atoms with Crippen molar-refractivity contribution in [2.45, 2.75) is 0 Å². The molecule has 1 heterocycles. The molecule has 5 heteroatoms. The van der Waals surface area contributed by atoms with Crippen molar-refractivity contribution in [2.24, 2.45) is 0 Å². The second-order valence-corrected chi connectivity index (χ2v) is 1.46. The summed E-state index contributed by atoms with van der Waals surface area (Å²) in [6.07, 6.45) is 0.690. The lowest BCUT2D eigenvalue weighted by atomic mass is 10.4. The average Bonchev–Trinajstić information content (AvgIpc) is 1.80. The van der Waals surface area contributed by atoms with Crippen LogP contribution in [0, 0.1) is 11.8 Å². The Hall–Kier alpha value is -0.900. The topological polar surface area (TPSA) is 33.1 Å². The van der Waals surface area contributed by atoms with Gasteiger partial charge in [0, 0.05) is 6.07 Å². The van der Waals surface area contributed by atoms with Crippen LogP contribution in [0.4, 0.5) is 8.78 Å². The van der Waals surface area contributed by atoms with E-state index >= 15 is 0 Å². The number of halogens is 3. The SMILES string of the molecule is Cl.Oc1cc(F)cnc1F. The first kappa shape index (κ1) is 9.10. The van der Waals surface area contributed by atoms with Crippen molar-refractivity contribution in [2.75, 3.05) is 0 Å². The highest BCUT2D eigenvalue weighted by Crippen LogP contribution is 2.11. The molecule has 0 unspecified atom stereocenters. The third kappa shape index (κ3) is 1.80. The first-order chi connectivity index (χ1) is 4.20. The zero-order valence-electron chi connectivity index (χ0n) is 4.71. The molecule has 1 aromatic heterocycles. The Morgan fingerprint density at radius 2 is 2.00 bits per heavy atom. The van der Waals surface area contributed by atoms with Crippen molar-refractivity contribution in [3.8, 4) is 5.75 Å². The molecule has 0 bridgehead atoms. The van der Waals surface area contributed by atoms with Gasteiger partial charge >= 0.3 is 0 Å². The van der Waals surface area contributed by atoms with E-state index in [9.17, 15) is 8.78 Å². The van der Waals surface area contributed by atoms with Crippen LogP contribution in [-0.4, -0.2) is 10.1 Å². The van der Waals surface area contributed by atoms with Crippen molar-refractivity contribution < 1.29 is 13.9 Å². The lowest BCUT2D eigenvalue weighted by Gasteiger charge is -1.90. The van der Waals surface area contributed by atoms with Gasteiger partial charge in [0.1, 0.15) is 5.82 Å².